The molecule has 0 N–H and O–H groups in total. The van der Waals surface area contributed by atoms with Gasteiger partial charge in [-0.2, -0.15) is 0 Å². The van der Waals surface area contributed by atoms with Gasteiger partial charge in [0.05, 0.1) is 0 Å². The summed E-state index contributed by atoms with van der Waals surface area (Å²) in [5.74, 6) is -0.186. The summed E-state index contributed by atoms with van der Waals surface area (Å²) in [5.41, 5.74) is 1.81. The molecule has 0 bridgehead atoms. The lowest BCUT2D eigenvalue weighted by atomic mass is 10.0. The van der Waals surface area contributed by atoms with Crippen LogP contribution in [0.1, 0.15) is 20.3 Å². The Bertz CT molecular complexity index is 226. The summed E-state index contributed by atoms with van der Waals surface area (Å²) in [5, 5.41) is 0. The Labute approximate surface area is 66.5 Å². The molecule has 0 aromatic carbocycles. The van der Waals surface area contributed by atoms with Crippen molar-refractivity contribution in [2.75, 3.05) is 0 Å². The van der Waals surface area contributed by atoms with E-state index in [0.717, 1.165) is 17.6 Å². The number of allylic oxidation sites excluding steroid dienone is 1. The van der Waals surface area contributed by atoms with E-state index in [1.807, 2.05) is 6.92 Å². The highest BCUT2D eigenvalue weighted by atomic mass is 16.5. The Morgan fingerprint density at radius 3 is 2.73 bits per heavy atom. The van der Waals surface area contributed by atoms with E-state index in [0.29, 0.717) is 0 Å². The molecule has 1 aliphatic rings. The Morgan fingerprint density at radius 1 is 1.73 bits per heavy atom. The predicted octanol–water partition coefficient (Wildman–Crippen LogP) is 1.82. The summed E-state index contributed by atoms with van der Waals surface area (Å²) in [6, 6.07) is 0. The first-order valence-corrected chi connectivity index (χ1v) is 3.68. The van der Waals surface area contributed by atoms with Crippen LogP contribution in [-0.2, 0) is 9.53 Å². The van der Waals surface area contributed by atoms with Crippen LogP contribution < -0.4 is 0 Å². The van der Waals surface area contributed by atoms with Crippen molar-refractivity contribution >= 4 is 5.97 Å². The standard InChI is InChI=1S/C9H12O2/c1-4-5-8-6(2)9(10)11-7(8)3/h4,7H,1,5H2,2-3H3. The molecule has 11 heavy (non-hydrogen) atoms. The first-order valence-electron chi connectivity index (χ1n) is 3.68. The maximum absolute atomic E-state index is 11.0. The van der Waals surface area contributed by atoms with E-state index in [9.17, 15) is 4.79 Å². The van der Waals surface area contributed by atoms with Crippen molar-refractivity contribution in [1.29, 1.82) is 0 Å². The van der Waals surface area contributed by atoms with Crippen LogP contribution in [0.4, 0.5) is 0 Å². The van der Waals surface area contributed by atoms with Crippen molar-refractivity contribution in [3.05, 3.63) is 23.8 Å². The Balaban J connectivity index is 2.86. The number of cyclic esters (lactones) is 1. The smallest absolute Gasteiger partial charge is 0.334 e. The molecule has 0 amide bonds. The van der Waals surface area contributed by atoms with Gasteiger partial charge in [0.15, 0.2) is 0 Å². The molecule has 0 saturated carbocycles. The number of hydrogen-bond acceptors (Lipinski definition) is 2. The molecule has 0 aromatic rings. The minimum atomic E-state index is -0.186. The van der Waals surface area contributed by atoms with Crippen LogP contribution in [0, 0.1) is 0 Å². The minimum absolute atomic E-state index is 0.0551. The molecule has 0 saturated heterocycles. The van der Waals surface area contributed by atoms with Crippen LogP contribution in [0.25, 0.3) is 0 Å². The zero-order valence-corrected chi connectivity index (χ0v) is 6.89. The molecule has 1 heterocycles. The lowest BCUT2D eigenvalue weighted by molar-refractivity contribution is -0.139. The molecule has 2 heteroatoms. The molecule has 60 valence electrons. The Hall–Kier alpha value is -1.05. The van der Waals surface area contributed by atoms with Gasteiger partial charge in [-0.05, 0) is 25.8 Å². The third kappa shape index (κ3) is 1.34. The van der Waals surface area contributed by atoms with Crippen LogP contribution in [0.2, 0.25) is 0 Å². The third-order valence-electron chi connectivity index (χ3n) is 1.93. The molecular formula is C9H12O2. The summed E-state index contributed by atoms with van der Waals surface area (Å²) in [6.07, 6.45) is 2.48. The van der Waals surface area contributed by atoms with Gasteiger partial charge in [0.1, 0.15) is 6.10 Å². The number of rotatable bonds is 2. The normalized spacial score (nSPS) is 23.8. The maximum atomic E-state index is 11.0. The number of hydrogen-bond donors (Lipinski definition) is 0. The number of carbonyl (C=O) groups is 1. The fourth-order valence-corrected chi connectivity index (χ4v) is 1.23. The molecule has 0 aromatic heterocycles. The van der Waals surface area contributed by atoms with Crippen molar-refractivity contribution in [3.63, 3.8) is 0 Å². The Morgan fingerprint density at radius 2 is 2.36 bits per heavy atom. The molecule has 0 spiro atoms. The van der Waals surface area contributed by atoms with Gasteiger partial charge in [-0.15, -0.1) is 6.58 Å². The molecule has 0 aliphatic carbocycles. The van der Waals surface area contributed by atoms with Crippen LogP contribution in [-0.4, -0.2) is 12.1 Å². The predicted molar refractivity (Wildman–Crippen MR) is 43.1 cm³/mol. The number of esters is 1. The zero-order valence-electron chi connectivity index (χ0n) is 6.89. The van der Waals surface area contributed by atoms with E-state index in [1.165, 1.54) is 0 Å². The highest BCUT2D eigenvalue weighted by molar-refractivity contribution is 5.91. The van der Waals surface area contributed by atoms with Gasteiger partial charge < -0.3 is 4.74 Å². The van der Waals surface area contributed by atoms with Crippen LogP contribution in [0.3, 0.4) is 0 Å². The molecule has 1 rings (SSSR count). The Kier molecular flexibility index (Phi) is 2.13. The van der Waals surface area contributed by atoms with Crippen molar-refractivity contribution in [2.24, 2.45) is 0 Å². The zero-order chi connectivity index (χ0) is 8.43. The van der Waals surface area contributed by atoms with E-state index in [1.54, 1.807) is 13.0 Å². The lowest BCUT2D eigenvalue weighted by Crippen LogP contribution is -2.05. The van der Waals surface area contributed by atoms with Crippen molar-refractivity contribution in [1.82, 2.24) is 0 Å². The fraction of sp³-hybridized carbons (Fsp3) is 0.444. The first-order chi connectivity index (χ1) is 5.16. The monoisotopic (exact) mass is 152 g/mol. The second-order valence-electron chi connectivity index (χ2n) is 2.69. The molecule has 1 aliphatic heterocycles. The largest absolute Gasteiger partial charge is 0.455 e. The van der Waals surface area contributed by atoms with E-state index in [4.69, 9.17) is 4.74 Å². The van der Waals surface area contributed by atoms with Crippen LogP contribution >= 0.6 is 0 Å². The quantitative estimate of drug-likeness (QED) is 0.445. The van der Waals surface area contributed by atoms with Gasteiger partial charge in [-0.1, -0.05) is 6.08 Å². The number of carbonyl (C=O) groups excluding carboxylic acids is 1. The van der Waals surface area contributed by atoms with E-state index >= 15 is 0 Å². The highest BCUT2D eigenvalue weighted by Crippen LogP contribution is 2.24. The first kappa shape index (κ1) is 8.05. The fourth-order valence-electron chi connectivity index (χ4n) is 1.23. The van der Waals surface area contributed by atoms with Gasteiger partial charge in [0, 0.05) is 5.57 Å². The lowest BCUT2D eigenvalue weighted by Gasteiger charge is -2.04. The van der Waals surface area contributed by atoms with Gasteiger partial charge >= 0.3 is 5.97 Å². The topological polar surface area (TPSA) is 26.3 Å². The van der Waals surface area contributed by atoms with Crippen molar-refractivity contribution in [3.8, 4) is 0 Å². The summed E-state index contributed by atoms with van der Waals surface area (Å²) in [4.78, 5) is 11.0. The van der Waals surface area contributed by atoms with E-state index < -0.39 is 0 Å². The molecular weight excluding hydrogens is 140 g/mol. The summed E-state index contributed by atoms with van der Waals surface area (Å²) in [6.45, 7) is 7.30. The average Bonchev–Trinajstić information content (AvgIpc) is 2.17. The molecule has 0 radical (unpaired) electrons. The van der Waals surface area contributed by atoms with Crippen molar-refractivity contribution < 1.29 is 9.53 Å². The summed E-state index contributed by atoms with van der Waals surface area (Å²) >= 11 is 0. The molecule has 2 nitrogen and oxygen atoms in total. The molecule has 1 atom stereocenters. The second kappa shape index (κ2) is 2.91. The number of ether oxygens (including phenoxy) is 1. The van der Waals surface area contributed by atoms with Crippen molar-refractivity contribution in [2.45, 2.75) is 26.4 Å². The van der Waals surface area contributed by atoms with Gasteiger partial charge in [-0.25, -0.2) is 4.79 Å². The second-order valence-corrected chi connectivity index (χ2v) is 2.69. The molecule has 0 fully saturated rings. The third-order valence-corrected chi connectivity index (χ3v) is 1.93. The van der Waals surface area contributed by atoms with Crippen LogP contribution in [0.15, 0.2) is 23.8 Å². The van der Waals surface area contributed by atoms with E-state index in [2.05, 4.69) is 6.58 Å². The van der Waals surface area contributed by atoms with Gasteiger partial charge in [-0.3, -0.25) is 0 Å². The average molecular weight is 152 g/mol. The highest BCUT2D eigenvalue weighted by Gasteiger charge is 2.26. The summed E-state index contributed by atoms with van der Waals surface area (Å²) < 4.78 is 4.98. The SMILES string of the molecule is C=CCC1=C(C)C(=O)OC1C. The van der Waals surface area contributed by atoms with Crippen LogP contribution in [0.5, 0.6) is 0 Å². The summed E-state index contributed by atoms with van der Waals surface area (Å²) in [7, 11) is 0. The minimum Gasteiger partial charge on any atom is -0.455 e. The maximum Gasteiger partial charge on any atom is 0.334 e. The van der Waals surface area contributed by atoms with Gasteiger partial charge in [0.25, 0.3) is 0 Å². The van der Waals surface area contributed by atoms with Gasteiger partial charge in [0.2, 0.25) is 0 Å². The molecule has 1 unspecified atom stereocenters. The van der Waals surface area contributed by atoms with E-state index in [-0.39, 0.29) is 12.1 Å².